The fraction of sp³-hybridized carbons (Fsp3) is 0.559. The quantitative estimate of drug-likeness (QED) is 0.322. The zero-order valence-electron chi connectivity index (χ0n) is 27.6. The minimum absolute atomic E-state index is 0.0349. The molecule has 0 bridgehead atoms. The van der Waals surface area contributed by atoms with Gasteiger partial charge >= 0.3 is 12.1 Å². The molecule has 5 heterocycles. The average Bonchev–Trinajstić information content (AvgIpc) is 3.37. The van der Waals surface area contributed by atoms with Crippen molar-refractivity contribution in [3.8, 4) is 17.4 Å². The Morgan fingerprint density at radius 2 is 1.96 bits per heavy atom. The number of hydrogen-bond donors (Lipinski definition) is 3. The van der Waals surface area contributed by atoms with Crippen molar-refractivity contribution < 1.29 is 33.8 Å². The molecule has 14 nitrogen and oxygen atoms in total. The summed E-state index contributed by atoms with van der Waals surface area (Å²) in [6.07, 6.45) is 8.80. The highest BCUT2D eigenvalue weighted by molar-refractivity contribution is 7.17. The molecule has 3 N–H and O–H groups in total. The number of fused-ring (bicyclic) bond motifs is 3. The Hall–Kier alpha value is -4.53. The number of carboxylic acid groups (broad SMARTS) is 1. The Labute approximate surface area is 287 Å². The number of thiophene rings is 1. The number of aliphatic carboxylic acids is 1. The van der Waals surface area contributed by atoms with Gasteiger partial charge in [-0.25, -0.2) is 14.6 Å². The summed E-state index contributed by atoms with van der Waals surface area (Å²) in [5.74, 6) is -1.70. The summed E-state index contributed by atoms with van der Waals surface area (Å²) >= 11 is 1.42. The van der Waals surface area contributed by atoms with E-state index in [4.69, 9.17) is 19.4 Å². The predicted octanol–water partition coefficient (Wildman–Crippen LogP) is 3.88. The average molecular weight is 692 g/mol. The lowest BCUT2D eigenvalue weighted by atomic mass is 9.96. The van der Waals surface area contributed by atoms with Gasteiger partial charge < -0.3 is 30.1 Å². The lowest BCUT2D eigenvalue weighted by Gasteiger charge is -2.30. The first kappa shape index (κ1) is 33.0. The number of amides is 3. The third-order valence-electron chi connectivity index (χ3n) is 10.0. The maximum atomic E-state index is 14.3. The van der Waals surface area contributed by atoms with Crippen LogP contribution >= 0.6 is 11.3 Å². The van der Waals surface area contributed by atoms with Crippen molar-refractivity contribution in [3.63, 3.8) is 0 Å². The van der Waals surface area contributed by atoms with Gasteiger partial charge in [0, 0.05) is 19.4 Å². The summed E-state index contributed by atoms with van der Waals surface area (Å²) < 4.78 is 14.5. The van der Waals surface area contributed by atoms with Gasteiger partial charge in [0.15, 0.2) is 5.82 Å². The minimum atomic E-state index is -1.43. The largest absolute Gasteiger partial charge is 0.479 e. The molecule has 2 aliphatic heterocycles. The van der Waals surface area contributed by atoms with Gasteiger partial charge in [-0.05, 0) is 69.4 Å². The van der Waals surface area contributed by atoms with Crippen LogP contribution in [0, 0.1) is 12.8 Å². The highest BCUT2D eigenvalue weighted by Crippen LogP contribution is 2.45. The number of ether oxygens (including phenoxy) is 2. The van der Waals surface area contributed by atoms with Crippen LogP contribution in [0.2, 0.25) is 0 Å². The van der Waals surface area contributed by atoms with Gasteiger partial charge in [0.2, 0.25) is 17.7 Å². The van der Waals surface area contributed by atoms with Crippen molar-refractivity contribution in [3.05, 3.63) is 35.4 Å². The number of nitrogens with zero attached hydrogens (tertiary/aromatic N) is 5. The SMILES string of the molecule is Cc1cc(-c2nc(O[C@@H]3C[C@H]4C(=O)N[C@]5(C(=O)O)C[C@H]5/C=C/CCCCC[C@H](NC(=O)OC5CCC5)C(=O)N4C3)c3sccc3n2)n(C)n1. The van der Waals surface area contributed by atoms with Crippen LogP contribution in [0.4, 0.5) is 4.79 Å². The van der Waals surface area contributed by atoms with Crippen molar-refractivity contribution in [1.82, 2.24) is 35.3 Å². The predicted molar refractivity (Wildman–Crippen MR) is 179 cm³/mol. The molecule has 0 unspecified atom stereocenters. The molecule has 4 aliphatic rings. The number of rotatable bonds is 6. The third kappa shape index (κ3) is 6.72. The van der Waals surface area contributed by atoms with Crippen LogP contribution < -0.4 is 15.4 Å². The molecular formula is C34H41N7O7S. The van der Waals surface area contributed by atoms with Crippen LogP contribution in [0.15, 0.2) is 29.7 Å². The molecule has 3 amide bonds. The number of nitrogens with one attached hydrogen (secondary N) is 2. The van der Waals surface area contributed by atoms with Crippen molar-refractivity contribution in [2.24, 2.45) is 13.0 Å². The molecule has 0 spiro atoms. The normalized spacial score (nSPS) is 28.3. The van der Waals surface area contributed by atoms with Gasteiger partial charge in [-0.2, -0.15) is 10.1 Å². The molecule has 3 aromatic heterocycles. The zero-order valence-corrected chi connectivity index (χ0v) is 28.4. The van der Waals surface area contributed by atoms with Crippen molar-refractivity contribution in [1.29, 1.82) is 0 Å². The van der Waals surface area contributed by atoms with E-state index >= 15 is 0 Å². The van der Waals surface area contributed by atoms with Crippen molar-refractivity contribution in [2.75, 3.05) is 6.54 Å². The van der Waals surface area contributed by atoms with Gasteiger partial charge in [-0.3, -0.25) is 14.3 Å². The number of allylic oxidation sites excluding steroid dienone is 1. The molecule has 0 radical (unpaired) electrons. The van der Waals surface area contributed by atoms with Crippen LogP contribution in [0.3, 0.4) is 0 Å². The second kappa shape index (κ2) is 13.4. The number of alkyl carbamates (subject to hydrolysis) is 1. The van der Waals surface area contributed by atoms with E-state index in [1.165, 1.54) is 16.2 Å². The smallest absolute Gasteiger partial charge is 0.408 e. The third-order valence-corrected chi connectivity index (χ3v) is 10.9. The van der Waals surface area contributed by atoms with E-state index < -0.39 is 47.6 Å². The van der Waals surface area contributed by atoms with Crippen LogP contribution in [0.25, 0.3) is 21.7 Å². The van der Waals surface area contributed by atoms with Gasteiger partial charge in [0.25, 0.3) is 0 Å². The lowest BCUT2D eigenvalue weighted by Crippen LogP contribution is -2.56. The highest BCUT2D eigenvalue weighted by atomic mass is 32.1. The number of hydrogen-bond acceptors (Lipinski definition) is 10. The number of carbonyl (C=O) groups excluding carboxylic acids is 3. The first-order valence-corrected chi connectivity index (χ1v) is 17.9. The molecule has 3 fully saturated rings. The van der Waals surface area contributed by atoms with E-state index in [0.717, 1.165) is 48.9 Å². The minimum Gasteiger partial charge on any atom is -0.479 e. The molecule has 2 aliphatic carbocycles. The van der Waals surface area contributed by atoms with E-state index in [-0.39, 0.29) is 31.4 Å². The Morgan fingerprint density at radius 3 is 2.69 bits per heavy atom. The molecule has 3 aromatic rings. The summed E-state index contributed by atoms with van der Waals surface area (Å²) in [6, 6.07) is 1.80. The van der Waals surface area contributed by atoms with Crippen LogP contribution in [-0.2, 0) is 26.2 Å². The first-order chi connectivity index (χ1) is 23.6. The highest BCUT2D eigenvalue weighted by Gasteiger charge is 2.61. The van der Waals surface area contributed by atoms with Crippen molar-refractivity contribution >= 4 is 45.4 Å². The molecule has 260 valence electrons. The van der Waals surface area contributed by atoms with E-state index in [1.807, 2.05) is 43.6 Å². The fourth-order valence-corrected chi connectivity index (χ4v) is 7.73. The number of aryl methyl sites for hydroxylation is 2. The van der Waals surface area contributed by atoms with Crippen LogP contribution in [0.5, 0.6) is 5.88 Å². The molecule has 0 aromatic carbocycles. The molecular weight excluding hydrogens is 650 g/mol. The Kier molecular flexibility index (Phi) is 9.03. The van der Waals surface area contributed by atoms with Gasteiger partial charge in [-0.15, -0.1) is 11.3 Å². The van der Waals surface area contributed by atoms with Gasteiger partial charge in [0.1, 0.15) is 40.2 Å². The maximum absolute atomic E-state index is 14.3. The molecule has 5 atom stereocenters. The number of carbonyl (C=O) groups is 4. The van der Waals surface area contributed by atoms with Crippen molar-refractivity contribution in [2.45, 2.75) is 101 Å². The van der Waals surface area contributed by atoms with Crippen LogP contribution in [-0.4, -0.2) is 90.0 Å². The van der Waals surface area contributed by atoms with Gasteiger partial charge in [-0.1, -0.05) is 25.0 Å². The maximum Gasteiger partial charge on any atom is 0.408 e. The second-order valence-corrected chi connectivity index (χ2v) is 14.5. The van der Waals surface area contributed by atoms with E-state index in [2.05, 4.69) is 15.7 Å². The Bertz CT molecular complexity index is 1800. The van der Waals surface area contributed by atoms with E-state index in [9.17, 15) is 24.3 Å². The molecule has 1 saturated heterocycles. The Balaban J connectivity index is 1.19. The summed E-state index contributed by atoms with van der Waals surface area (Å²) in [5.41, 5.74) is 0.776. The summed E-state index contributed by atoms with van der Waals surface area (Å²) in [7, 11) is 1.81. The fourth-order valence-electron chi connectivity index (χ4n) is 6.97. The Morgan fingerprint density at radius 1 is 1.12 bits per heavy atom. The molecule has 49 heavy (non-hydrogen) atoms. The number of aromatic nitrogens is 4. The van der Waals surface area contributed by atoms with E-state index in [0.29, 0.717) is 35.8 Å². The first-order valence-electron chi connectivity index (χ1n) is 17.0. The lowest BCUT2D eigenvalue weighted by molar-refractivity contribution is -0.145. The van der Waals surface area contributed by atoms with Crippen LogP contribution in [0.1, 0.15) is 69.9 Å². The summed E-state index contributed by atoms with van der Waals surface area (Å²) in [5, 5.41) is 22.1. The topological polar surface area (TPSA) is 178 Å². The summed E-state index contributed by atoms with van der Waals surface area (Å²) in [4.78, 5) is 64.6. The molecule has 7 rings (SSSR count). The molecule has 2 saturated carbocycles. The molecule has 15 heteroatoms. The monoisotopic (exact) mass is 691 g/mol. The standard InChI is InChI=1S/C34H41N7O7S/c1-19-15-25(40(2)39-19)28-35-23-13-14-49-27(23)30(37-28)47-22-16-26-29(42)38-34(32(44)45)17-20(34)9-6-4-3-5-7-12-24(31(43)41(26)18-22)36-33(46)48-21-10-8-11-21/h6,9,13-15,20-22,24,26H,3-5,7-8,10-12,16-18H2,1-2H3,(H,36,46)(H,38,42)(H,44,45)/b9-6+/t20-,22-,24+,26+,34-/m1/s1. The summed E-state index contributed by atoms with van der Waals surface area (Å²) in [6.45, 7) is 1.92. The number of carboxylic acids is 1. The zero-order chi connectivity index (χ0) is 34.3. The van der Waals surface area contributed by atoms with Gasteiger partial charge in [0.05, 0.1) is 17.8 Å². The second-order valence-electron chi connectivity index (χ2n) is 13.6. The van der Waals surface area contributed by atoms with E-state index in [1.54, 1.807) is 4.68 Å².